The molecular formula is C29H34BrN3O4S. The molecule has 0 radical (unpaired) electrons. The molecule has 0 bridgehead atoms. The van der Waals surface area contributed by atoms with Gasteiger partial charge in [-0.05, 0) is 69.2 Å². The molecule has 7 nitrogen and oxygen atoms in total. The van der Waals surface area contributed by atoms with Crippen molar-refractivity contribution >= 4 is 43.5 Å². The number of benzene rings is 3. The van der Waals surface area contributed by atoms with Gasteiger partial charge in [-0.2, -0.15) is 0 Å². The summed E-state index contributed by atoms with van der Waals surface area (Å²) in [4.78, 5) is 28.5. The molecule has 0 spiro atoms. The largest absolute Gasteiger partial charge is 0.352 e. The van der Waals surface area contributed by atoms with Crippen molar-refractivity contribution in [1.29, 1.82) is 0 Å². The van der Waals surface area contributed by atoms with Gasteiger partial charge >= 0.3 is 0 Å². The minimum atomic E-state index is -4.07. The Kier molecular flexibility index (Phi) is 10.1. The van der Waals surface area contributed by atoms with E-state index in [9.17, 15) is 18.0 Å². The Morgan fingerprint density at radius 2 is 1.61 bits per heavy atom. The number of rotatable bonds is 11. The van der Waals surface area contributed by atoms with Crippen LogP contribution in [-0.2, 0) is 26.2 Å². The molecular weight excluding hydrogens is 566 g/mol. The zero-order valence-electron chi connectivity index (χ0n) is 22.1. The predicted octanol–water partition coefficient (Wildman–Crippen LogP) is 5.28. The summed E-state index contributed by atoms with van der Waals surface area (Å²) >= 11 is 3.45. The first-order chi connectivity index (χ1) is 18.0. The van der Waals surface area contributed by atoms with Gasteiger partial charge in [0, 0.05) is 17.1 Å². The summed E-state index contributed by atoms with van der Waals surface area (Å²) in [6.07, 6.45) is 0.745. The molecule has 9 heteroatoms. The first kappa shape index (κ1) is 29.4. The third-order valence-electron chi connectivity index (χ3n) is 6.34. The molecule has 0 saturated carbocycles. The van der Waals surface area contributed by atoms with Crippen molar-refractivity contribution in [2.75, 3.05) is 10.8 Å². The first-order valence-electron chi connectivity index (χ1n) is 12.5. The summed E-state index contributed by atoms with van der Waals surface area (Å²) in [6, 6.07) is 21.6. The van der Waals surface area contributed by atoms with E-state index in [1.54, 1.807) is 49.4 Å². The number of carbonyl (C=O) groups is 2. The molecule has 0 aromatic heterocycles. The van der Waals surface area contributed by atoms with Crippen LogP contribution in [0, 0.1) is 6.92 Å². The van der Waals surface area contributed by atoms with Gasteiger partial charge in [-0.3, -0.25) is 13.9 Å². The minimum Gasteiger partial charge on any atom is -0.352 e. The second kappa shape index (κ2) is 13.1. The fraction of sp³-hybridized carbons (Fsp3) is 0.310. The molecule has 3 rings (SSSR count). The summed E-state index contributed by atoms with van der Waals surface area (Å²) in [7, 11) is -4.07. The molecule has 3 aromatic carbocycles. The van der Waals surface area contributed by atoms with Gasteiger partial charge < -0.3 is 10.2 Å². The topological polar surface area (TPSA) is 86.8 Å². The van der Waals surface area contributed by atoms with Crippen LogP contribution in [-0.4, -0.2) is 43.8 Å². The lowest BCUT2D eigenvalue weighted by molar-refractivity contribution is -0.139. The average molecular weight is 601 g/mol. The van der Waals surface area contributed by atoms with E-state index in [4.69, 9.17) is 0 Å². The molecule has 0 heterocycles. The van der Waals surface area contributed by atoms with Crippen LogP contribution >= 0.6 is 15.9 Å². The monoisotopic (exact) mass is 599 g/mol. The molecule has 2 atom stereocenters. The maximum absolute atomic E-state index is 13.9. The van der Waals surface area contributed by atoms with E-state index in [1.165, 1.54) is 17.0 Å². The van der Waals surface area contributed by atoms with E-state index in [1.807, 2.05) is 45.0 Å². The highest BCUT2D eigenvalue weighted by molar-refractivity contribution is 9.10. The van der Waals surface area contributed by atoms with Crippen LogP contribution in [0.1, 0.15) is 38.3 Å². The van der Waals surface area contributed by atoms with Crippen LogP contribution in [0.3, 0.4) is 0 Å². The van der Waals surface area contributed by atoms with Crippen molar-refractivity contribution in [1.82, 2.24) is 10.2 Å². The molecule has 3 aromatic rings. The highest BCUT2D eigenvalue weighted by Gasteiger charge is 2.32. The van der Waals surface area contributed by atoms with Crippen LogP contribution in [0.4, 0.5) is 5.69 Å². The SMILES string of the molecule is CC[C@@H](C)NC(=O)[C@H](C)N(Cc1cccc(Br)c1)C(=O)CN(c1ccccc1)S(=O)(=O)c1ccc(C)cc1. The van der Waals surface area contributed by atoms with E-state index >= 15 is 0 Å². The van der Waals surface area contributed by atoms with Crippen molar-refractivity contribution in [2.45, 2.75) is 57.6 Å². The lowest BCUT2D eigenvalue weighted by Gasteiger charge is -2.32. The molecule has 0 unspecified atom stereocenters. The fourth-order valence-electron chi connectivity index (χ4n) is 3.84. The fourth-order valence-corrected chi connectivity index (χ4v) is 5.70. The molecule has 0 fully saturated rings. The Balaban J connectivity index is 2.00. The highest BCUT2D eigenvalue weighted by atomic mass is 79.9. The molecule has 38 heavy (non-hydrogen) atoms. The second-order valence-corrected chi connectivity index (χ2v) is 12.1. The lowest BCUT2D eigenvalue weighted by Crippen LogP contribution is -2.52. The van der Waals surface area contributed by atoms with Crippen LogP contribution in [0.15, 0.2) is 88.2 Å². The maximum Gasteiger partial charge on any atom is 0.264 e. The summed E-state index contributed by atoms with van der Waals surface area (Å²) in [6.45, 7) is 7.08. The van der Waals surface area contributed by atoms with Crippen LogP contribution in [0.25, 0.3) is 0 Å². The van der Waals surface area contributed by atoms with Gasteiger partial charge in [-0.1, -0.05) is 70.9 Å². The zero-order chi connectivity index (χ0) is 27.9. The van der Waals surface area contributed by atoms with E-state index < -0.39 is 28.5 Å². The Morgan fingerprint density at radius 1 is 0.947 bits per heavy atom. The summed E-state index contributed by atoms with van der Waals surface area (Å²) in [5, 5.41) is 2.93. The van der Waals surface area contributed by atoms with Crippen molar-refractivity contribution in [3.8, 4) is 0 Å². The summed E-state index contributed by atoms with van der Waals surface area (Å²) in [5.74, 6) is -0.785. The smallest absolute Gasteiger partial charge is 0.264 e. The van der Waals surface area contributed by atoms with Gasteiger partial charge in [0.2, 0.25) is 11.8 Å². The van der Waals surface area contributed by atoms with E-state index in [2.05, 4.69) is 21.2 Å². The van der Waals surface area contributed by atoms with Gasteiger partial charge in [0.25, 0.3) is 10.0 Å². The van der Waals surface area contributed by atoms with Gasteiger partial charge in [0.1, 0.15) is 12.6 Å². The number of carbonyl (C=O) groups excluding carboxylic acids is 2. The zero-order valence-corrected chi connectivity index (χ0v) is 24.5. The number of sulfonamides is 1. The predicted molar refractivity (Wildman–Crippen MR) is 154 cm³/mol. The molecule has 0 aliphatic heterocycles. The molecule has 1 N–H and O–H groups in total. The Morgan fingerprint density at radius 3 is 2.21 bits per heavy atom. The van der Waals surface area contributed by atoms with Gasteiger partial charge in [0.15, 0.2) is 0 Å². The third-order valence-corrected chi connectivity index (χ3v) is 8.62. The summed E-state index contributed by atoms with van der Waals surface area (Å²) < 4.78 is 29.5. The van der Waals surface area contributed by atoms with Gasteiger partial charge in [0.05, 0.1) is 10.6 Å². The van der Waals surface area contributed by atoms with Gasteiger partial charge in [-0.25, -0.2) is 8.42 Å². The minimum absolute atomic E-state index is 0.0597. The number of para-hydroxylation sites is 1. The average Bonchev–Trinajstić information content (AvgIpc) is 2.90. The Labute approximate surface area is 234 Å². The number of anilines is 1. The summed E-state index contributed by atoms with van der Waals surface area (Å²) in [5.41, 5.74) is 2.09. The number of nitrogens with one attached hydrogen (secondary N) is 1. The normalized spacial score (nSPS) is 12.9. The van der Waals surface area contributed by atoms with Crippen molar-refractivity contribution < 1.29 is 18.0 Å². The second-order valence-electron chi connectivity index (χ2n) is 9.31. The quantitative estimate of drug-likeness (QED) is 0.324. The number of nitrogens with zero attached hydrogens (tertiary/aromatic N) is 2. The van der Waals surface area contributed by atoms with E-state index in [0.29, 0.717) is 5.69 Å². The maximum atomic E-state index is 13.9. The molecule has 202 valence electrons. The van der Waals surface area contributed by atoms with Crippen LogP contribution in [0.5, 0.6) is 0 Å². The number of aryl methyl sites for hydroxylation is 1. The van der Waals surface area contributed by atoms with Crippen molar-refractivity contribution in [2.24, 2.45) is 0 Å². The third kappa shape index (κ3) is 7.45. The molecule has 0 aliphatic carbocycles. The van der Waals surface area contributed by atoms with Crippen LogP contribution < -0.4 is 9.62 Å². The molecule has 0 saturated heterocycles. The van der Waals surface area contributed by atoms with E-state index in [-0.39, 0.29) is 23.4 Å². The number of hydrogen-bond acceptors (Lipinski definition) is 4. The lowest BCUT2D eigenvalue weighted by atomic mass is 10.1. The van der Waals surface area contributed by atoms with Crippen molar-refractivity contribution in [3.05, 3.63) is 94.5 Å². The van der Waals surface area contributed by atoms with E-state index in [0.717, 1.165) is 26.3 Å². The Hall–Kier alpha value is -3.17. The van der Waals surface area contributed by atoms with Crippen molar-refractivity contribution in [3.63, 3.8) is 0 Å². The number of halogens is 1. The highest BCUT2D eigenvalue weighted by Crippen LogP contribution is 2.25. The molecule has 2 amide bonds. The number of hydrogen-bond donors (Lipinski definition) is 1. The Bertz CT molecular complexity index is 1350. The standard InChI is InChI=1S/C29H34BrN3O4S/c1-5-22(3)31-29(35)23(4)32(19-24-10-9-11-25(30)18-24)28(34)20-33(26-12-7-6-8-13-26)38(36,37)27-16-14-21(2)15-17-27/h6-18,22-23H,5,19-20H2,1-4H3,(H,31,35)/t22-,23+/m1/s1. The van der Waals surface area contributed by atoms with Crippen LogP contribution in [0.2, 0.25) is 0 Å². The molecule has 0 aliphatic rings. The first-order valence-corrected chi connectivity index (χ1v) is 14.7. The van der Waals surface area contributed by atoms with Gasteiger partial charge in [-0.15, -0.1) is 0 Å². The number of amides is 2.